The molecule has 6 heteroatoms. The third kappa shape index (κ3) is 3.19. The van der Waals surface area contributed by atoms with Crippen LogP contribution in [0.1, 0.15) is 36.4 Å². The SMILES string of the molecule is CN1C[C@H](NC(=O)N[C@@H]2CCc3cc(Cl)ccc32)CCC1=O. The van der Waals surface area contributed by atoms with Crippen LogP contribution in [-0.4, -0.2) is 36.5 Å². The minimum atomic E-state index is -0.166. The Morgan fingerprint density at radius 3 is 2.86 bits per heavy atom. The molecule has 2 aliphatic rings. The number of piperidine rings is 1. The summed E-state index contributed by atoms with van der Waals surface area (Å²) in [6, 6.07) is 5.71. The number of nitrogens with zero attached hydrogens (tertiary/aromatic N) is 1. The maximum absolute atomic E-state index is 12.2. The van der Waals surface area contributed by atoms with E-state index in [4.69, 9.17) is 11.6 Å². The summed E-state index contributed by atoms with van der Waals surface area (Å²) < 4.78 is 0. The summed E-state index contributed by atoms with van der Waals surface area (Å²) >= 11 is 6.00. The van der Waals surface area contributed by atoms with E-state index in [1.165, 1.54) is 5.56 Å². The summed E-state index contributed by atoms with van der Waals surface area (Å²) in [5, 5.41) is 6.74. The molecule has 3 amide bonds. The number of nitrogens with one attached hydrogen (secondary N) is 2. The number of hydrogen-bond donors (Lipinski definition) is 2. The van der Waals surface area contributed by atoms with Crippen LogP contribution in [0.3, 0.4) is 0 Å². The molecule has 2 N–H and O–H groups in total. The quantitative estimate of drug-likeness (QED) is 0.877. The summed E-state index contributed by atoms with van der Waals surface area (Å²) in [7, 11) is 1.77. The monoisotopic (exact) mass is 321 g/mol. The van der Waals surface area contributed by atoms with E-state index in [1.807, 2.05) is 18.2 Å². The third-order valence-electron chi connectivity index (χ3n) is 4.45. The lowest BCUT2D eigenvalue weighted by molar-refractivity contribution is -0.132. The number of aryl methyl sites for hydroxylation is 1. The fraction of sp³-hybridized carbons (Fsp3) is 0.500. The molecule has 5 nitrogen and oxygen atoms in total. The highest BCUT2D eigenvalue weighted by molar-refractivity contribution is 6.30. The summed E-state index contributed by atoms with van der Waals surface area (Å²) in [5.74, 6) is 0.139. The van der Waals surface area contributed by atoms with Gasteiger partial charge in [0, 0.05) is 31.1 Å². The first-order valence-electron chi connectivity index (χ1n) is 7.62. The van der Waals surface area contributed by atoms with Crippen molar-refractivity contribution in [3.8, 4) is 0 Å². The Labute approximate surface area is 135 Å². The van der Waals surface area contributed by atoms with Crippen LogP contribution in [0.2, 0.25) is 5.02 Å². The number of benzene rings is 1. The van der Waals surface area contributed by atoms with E-state index in [9.17, 15) is 9.59 Å². The topological polar surface area (TPSA) is 61.4 Å². The minimum absolute atomic E-state index is 0.0220. The van der Waals surface area contributed by atoms with Gasteiger partial charge in [-0.3, -0.25) is 4.79 Å². The fourth-order valence-corrected chi connectivity index (χ4v) is 3.45. The molecule has 1 heterocycles. The van der Waals surface area contributed by atoms with E-state index in [1.54, 1.807) is 11.9 Å². The lowest BCUT2D eigenvalue weighted by Gasteiger charge is -2.30. The molecule has 1 aromatic carbocycles. The molecular weight excluding hydrogens is 302 g/mol. The van der Waals surface area contributed by atoms with E-state index < -0.39 is 0 Å². The van der Waals surface area contributed by atoms with E-state index in [-0.39, 0.29) is 24.0 Å². The Kier molecular flexibility index (Phi) is 4.25. The van der Waals surface area contributed by atoms with Crippen molar-refractivity contribution in [2.45, 2.75) is 37.8 Å². The number of fused-ring (bicyclic) bond motifs is 1. The Bertz CT molecular complexity index is 605. The third-order valence-corrected chi connectivity index (χ3v) is 4.69. The normalized spacial score (nSPS) is 24.1. The van der Waals surface area contributed by atoms with Gasteiger partial charge in [0.2, 0.25) is 5.91 Å². The molecule has 0 aromatic heterocycles. The van der Waals surface area contributed by atoms with Crippen molar-refractivity contribution in [1.29, 1.82) is 0 Å². The highest BCUT2D eigenvalue weighted by Crippen LogP contribution is 2.32. The molecule has 22 heavy (non-hydrogen) atoms. The van der Waals surface area contributed by atoms with Gasteiger partial charge in [-0.05, 0) is 42.5 Å². The number of halogens is 1. The highest BCUT2D eigenvalue weighted by atomic mass is 35.5. The van der Waals surface area contributed by atoms with Gasteiger partial charge in [0.1, 0.15) is 0 Å². The highest BCUT2D eigenvalue weighted by Gasteiger charge is 2.27. The first-order chi connectivity index (χ1) is 10.5. The molecule has 0 unspecified atom stereocenters. The zero-order valence-electron chi connectivity index (χ0n) is 12.6. The number of likely N-dealkylation sites (N-methyl/N-ethyl adjacent to an activating group) is 1. The Morgan fingerprint density at radius 2 is 2.09 bits per heavy atom. The summed E-state index contributed by atoms with van der Waals surface area (Å²) in [6.07, 6.45) is 3.02. The second-order valence-corrected chi connectivity index (χ2v) is 6.50. The number of carbonyl (C=O) groups excluding carboxylic acids is 2. The summed E-state index contributed by atoms with van der Waals surface area (Å²) in [6.45, 7) is 0.573. The molecule has 0 saturated carbocycles. The number of rotatable bonds is 2. The van der Waals surface area contributed by atoms with Crippen LogP contribution < -0.4 is 10.6 Å². The molecule has 0 bridgehead atoms. The molecular formula is C16H20ClN3O2. The number of urea groups is 1. The van der Waals surface area contributed by atoms with Crippen LogP contribution >= 0.6 is 11.6 Å². The van der Waals surface area contributed by atoms with Crippen molar-refractivity contribution >= 4 is 23.5 Å². The molecule has 1 fully saturated rings. The fourth-order valence-electron chi connectivity index (χ4n) is 3.25. The molecule has 1 saturated heterocycles. The van der Waals surface area contributed by atoms with Crippen molar-refractivity contribution in [2.24, 2.45) is 0 Å². The van der Waals surface area contributed by atoms with Gasteiger partial charge in [0.25, 0.3) is 0 Å². The molecule has 1 aliphatic heterocycles. The van der Waals surface area contributed by atoms with Crippen LogP contribution in [0, 0.1) is 0 Å². The molecule has 0 radical (unpaired) electrons. The van der Waals surface area contributed by atoms with Gasteiger partial charge >= 0.3 is 6.03 Å². The zero-order valence-corrected chi connectivity index (χ0v) is 13.3. The second-order valence-electron chi connectivity index (χ2n) is 6.06. The average Bonchev–Trinajstić information content (AvgIpc) is 2.85. The standard InChI is InChI=1S/C16H20ClN3O2/c1-20-9-12(4-7-15(20)21)18-16(22)19-14-6-2-10-8-11(17)3-5-13(10)14/h3,5,8,12,14H,2,4,6-7,9H2,1H3,(H2,18,19,22)/t12-,14-/m1/s1. The number of carbonyl (C=O) groups is 2. The van der Waals surface area contributed by atoms with Crippen LogP contribution in [0.4, 0.5) is 4.79 Å². The van der Waals surface area contributed by atoms with Crippen LogP contribution in [-0.2, 0) is 11.2 Å². The van der Waals surface area contributed by atoms with Gasteiger partial charge in [0.15, 0.2) is 0 Å². The van der Waals surface area contributed by atoms with Gasteiger partial charge in [-0.1, -0.05) is 17.7 Å². The Balaban J connectivity index is 1.56. The predicted octanol–water partition coefficient (Wildman–Crippen LogP) is 2.25. The molecule has 1 aliphatic carbocycles. The maximum Gasteiger partial charge on any atom is 0.315 e. The molecule has 0 spiro atoms. The second kappa shape index (κ2) is 6.16. The van der Waals surface area contributed by atoms with Gasteiger partial charge in [-0.2, -0.15) is 0 Å². The zero-order chi connectivity index (χ0) is 15.7. The van der Waals surface area contributed by atoms with Crippen molar-refractivity contribution in [3.63, 3.8) is 0 Å². The van der Waals surface area contributed by atoms with Crippen LogP contribution in [0.5, 0.6) is 0 Å². The number of hydrogen-bond acceptors (Lipinski definition) is 2. The first-order valence-corrected chi connectivity index (χ1v) is 8.00. The van der Waals surface area contributed by atoms with Gasteiger partial charge in [-0.25, -0.2) is 4.79 Å². The summed E-state index contributed by atoms with van der Waals surface area (Å²) in [4.78, 5) is 25.3. The molecule has 118 valence electrons. The Morgan fingerprint density at radius 1 is 1.27 bits per heavy atom. The first kappa shape index (κ1) is 15.2. The van der Waals surface area contributed by atoms with Crippen molar-refractivity contribution in [2.75, 3.05) is 13.6 Å². The van der Waals surface area contributed by atoms with E-state index in [0.29, 0.717) is 19.4 Å². The van der Waals surface area contributed by atoms with Gasteiger partial charge in [0.05, 0.1) is 6.04 Å². The largest absolute Gasteiger partial charge is 0.344 e. The lowest BCUT2D eigenvalue weighted by atomic mass is 10.1. The number of likely N-dealkylation sites (tertiary alicyclic amines) is 1. The number of amides is 3. The average molecular weight is 322 g/mol. The van der Waals surface area contributed by atoms with E-state index in [0.717, 1.165) is 23.4 Å². The van der Waals surface area contributed by atoms with Crippen molar-refractivity contribution < 1.29 is 9.59 Å². The molecule has 2 atom stereocenters. The van der Waals surface area contributed by atoms with Crippen LogP contribution in [0.15, 0.2) is 18.2 Å². The van der Waals surface area contributed by atoms with Gasteiger partial charge < -0.3 is 15.5 Å². The smallest absolute Gasteiger partial charge is 0.315 e. The Hall–Kier alpha value is -1.75. The summed E-state index contributed by atoms with van der Waals surface area (Å²) in [5.41, 5.74) is 2.36. The van der Waals surface area contributed by atoms with E-state index >= 15 is 0 Å². The molecule has 3 rings (SSSR count). The van der Waals surface area contributed by atoms with Crippen LogP contribution in [0.25, 0.3) is 0 Å². The van der Waals surface area contributed by atoms with E-state index in [2.05, 4.69) is 10.6 Å². The van der Waals surface area contributed by atoms with Crippen molar-refractivity contribution in [3.05, 3.63) is 34.3 Å². The predicted molar refractivity (Wildman–Crippen MR) is 84.8 cm³/mol. The van der Waals surface area contributed by atoms with Gasteiger partial charge in [-0.15, -0.1) is 0 Å². The van der Waals surface area contributed by atoms with Crippen molar-refractivity contribution in [1.82, 2.24) is 15.5 Å². The minimum Gasteiger partial charge on any atom is -0.344 e. The maximum atomic E-state index is 12.2. The molecule has 1 aromatic rings. The lowest BCUT2D eigenvalue weighted by Crippen LogP contribution is -2.51.